The zero-order valence-electron chi connectivity index (χ0n) is 8.65. The first-order valence-corrected chi connectivity index (χ1v) is 6.19. The molecule has 0 aliphatic carbocycles. The van der Waals surface area contributed by atoms with Gasteiger partial charge in [-0.3, -0.25) is 10.4 Å². The first kappa shape index (κ1) is 10.4. The van der Waals surface area contributed by atoms with Crippen molar-refractivity contribution in [2.45, 2.75) is 25.7 Å². The molecule has 3 nitrogen and oxygen atoms in total. The molecule has 0 unspecified atom stereocenters. The van der Waals surface area contributed by atoms with Crippen LogP contribution in [0.1, 0.15) is 30.6 Å². The van der Waals surface area contributed by atoms with Crippen LogP contribution in [0.2, 0.25) is 0 Å². The van der Waals surface area contributed by atoms with E-state index in [4.69, 9.17) is 0 Å². The predicted octanol–water partition coefficient (Wildman–Crippen LogP) is 2.64. The minimum atomic E-state index is 0.941. The Bertz CT molecular complexity index is 341. The van der Waals surface area contributed by atoms with Crippen molar-refractivity contribution in [1.29, 1.82) is 0 Å². The van der Waals surface area contributed by atoms with E-state index in [0.717, 1.165) is 23.7 Å². The molecule has 0 atom stereocenters. The van der Waals surface area contributed by atoms with E-state index in [1.54, 1.807) is 11.3 Å². The molecule has 1 aromatic rings. The monoisotopic (exact) mass is 221 g/mol. The Labute approximate surface area is 93.9 Å². The van der Waals surface area contributed by atoms with Crippen LogP contribution in [-0.4, -0.2) is 18.6 Å². The molecule has 1 aliphatic heterocycles. The molecular weight excluding hydrogens is 206 g/mol. The summed E-state index contributed by atoms with van der Waals surface area (Å²) in [6.07, 6.45) is 6.59. The van der Waals surface area contributed by atoms with Crippen molar-refractivity contribution in [2.75, 3.05) is 6.54 Å². The smallest absolute Gasteiger partial charge is 0.117 e. The van der Waals surface area contributed by atoms with Gasteiger partial charge in [0.15, 0.2) is 0 Å². The van der Waals surface area contributed by atoms with Crippen LogP contribution < -0.4 is 5.43 Å². The number of nitrogens with one attached hydrogen (secondary N) is 1. The van der Waals surface area contributed by atoms with E-state index < -0.39 is 0 Å². The van der Waals surface area contributed by atoms with Gasteiger partial charge < -0.3 is 0 Å². The SMILES string of the molecule is C(=N\NC1=NCCCCC1)/c1cccs1. The second kappa shape index (κ2) is 5.66. The third-order valence-corrected chi connectivity index (χ3v) is 3.11. The second-order valence-electron chi connectivity index (χ2n) is 3.52. The van der Waals surface area contributed by atoms with Crippen molar-refractivity contribution < 1.29 is 0 Å². The van der Waals surface area contributed by atoms with Gasteiger partial charge in [0.1, 0.15) is 5.84 Å². The normalized spacial score (nSPS) is 17.5. The maximum Gasteiger partial charge on any atom is 0.117 e. The first-order valence-electron chi connectivity index (χ1n) is 5.31. The molecule has 2 heterocycles. The average Bonchev–Trinajstić information content (AvgIpc) is 2.62. The van der Waals surface area contributed by atoms with E-state index in [1.807, 2.05) is 23.7 Å². The van der Waals surface area contributed by atoms with Gasteiger partial charge in [-0.05, 0) is 24.3 Å². The Morgan fingerprint density at radius 3 is 3.27 bits per heavy atom. The van der Waals surface area contributed by atoms with E-state index in [1.165, 1.54) is 19.3 Å². The van der Waals surface area contributed by atoms with Gasteiger partial charge in [-0.2, -0.15) is 5.10 Å². The number of hydrogen-bond donors (Lipinski definition) is 1. The maximum absolute atomic E-state index is 4.44. The van der Waals surface area contributed by atoms with Crippen LogP contribution in [0.5, 0.6) is 0 Å². The standard InChI is InChI=1S/C11H15N3S/c1-2-6-11(12-7-3-1)14-13-9-10-5-4-8-15-10/h4-5,8-9H,1-3,6-7H2,(H,12,14)/b13-9+. The Morgan fingerprint density at radius 2 is 2.40 bits per heavy atom. The fraction of sp³-hybridized carbons (Fsp3) is 0.455. The van der Waals surface area contributed by atoms with Crippen LogP contribution >= 0.6 is 11.3 Å². The fourth-order valence-electron chi connectivity index (χ4n) is 1.50. The zero-order chi connectivity index (χ0) is 10.3. The van der Waals surface area contributed by atoms with Crippen LogP contribution in [-0.2, 0) is 0 Å². The highest BCUT2D eigenvalue weighted by Crippen LogP contribution is 2.06. The second-order valence-corrected chi connectivity index (χ2v) is 4.50. The zero-order valence-corrected chi connectivity index (χ0v) is 9.46. The molecule has 1 aromatic heterocycles. The van der Waals surface area contributed by atoms with E-state index in [0.29, 0.717) is 0 Å². The largest absolute Gasteiger partial charge is 0.271 e. The summed E-state index contributed by atoms with van der Waals surface area (Å²) in [7, 11) is 0. The lowest BCUT2D eigenvalue weighted by Gasteiger charge is -2.00. The topological polar surface area (TPSA) is 36.8 Å². The van der Waals surface area contributed by atoms with Crippen LogP contribution in [0.3, 0.4) is 0 Å². The number of hydrazone groups is 1. The average molecular weight is 221 g/mol. The number of thiophene rings is 1. The molecule has 0 saturated heterocycles. The summed E-state index contributed by atoms with van der Waals surface area (Å²) < 4.78 is 0. The van der Waals surface area contributed by atoms with Crippen molar-refractivity contribution in [3.8, 4) is 0 Å². The Kier molecular flexibility index (Phi) is 3.91. The molecule has 1 aliphatic rings. The Balaban J connectivity index is 1.84. The molecule has 2 rings (SSSR count). The minimum Gasteiger partial charge on any atom is -0.271 e. The van der Waals surface area contributed by atoms with Gasteiger partial charge >= 0.3 is 0 Å². The lowest BCUT2D eigenvalue weighted by atomic mass is 10.2. The van der Waals surface area contributed by atoms with E-state index in [-0.39, 0.29) is 0 Å². The molecule has 0 bridgehead atoms. The maximum atomic E-state index is 4.44. The molecule has 80 valence electrons. The summed E-state index contributed by atoms with van der Waals surface area (Å²) in [5, 5.41) is 6.23. The molecule has 0 radical (unpaired) electrons. The number of amidine groups is 1. The molecule has 0 saturated carbocycles. The third kappa shape index (κ3) is 3.47. The first-order chi connectivity index (χ1) is 7.45. The summed E-state index contributed by atoms with van der Waals surface area (Å²) in [6, 6.07) is 4.07. The minimum absolute atomic E-state index is 0.941. The molecule has 15 heavy (non-hydrogen) atoms. The van der Waals surface area contributed by atoms with E-state index in [2.05, 4.69) is 15.5 Å². The number of nitrogens with zero attached hydrogens (tertiary/aromatic N) is 2. The highest BCUT2D eigenvalue weighted by atomic mass is 32.1. The summed E-state index contributed by atoms with van der Waals surface area (Å²) in [4.78, 5) is 5.60. The number of hydrogen-bond acceptors (Lipinski definition) is 4. The predicted molar refractivity (Wildman–Crippen MR) is 65.8 cm³/mol. The summed E-state index contributed by atoms with van der Waals surface area (Å²) in [5.74, 6) is 1.03. The van der Waals surface area contributed by atoms with E-state index in [9.17, 15) is 0 Å². The quantitative estimate of drug-likeness (QED) is 0.605. The molecule has 0 amide bonds. The molecule has 0 fully saturated rings. The summed E-state index contributed by atoms with van der Waals surface area (Å²) in [5.41, 5.74) is 3.03. The molecule has 0 spiro atoms. The molecular formula is C11H15N3S. The van der Waals surface area contributed by atoms with Gasteiger partial charge in [0.2, 0.25) is 0 Å². The number of aliphatic imine (C=N–C) groups is 1. The van der Waals surface area contributed by atoms with Gasteiger partial charge in [-0.25, -0.2) is 0 Å². The summed E-state index contributed by atoms with van der Waals surface area (Å²) in [6.45, 7) is 0.941. The van der Waals surface area contributed by atoms with Crippen LogP contribution in [0.4, 0.5) is 0 Å². The van der Waals surface area contributed by atoms with Gasteiger partial charge in [0.05, 0.1) is 6.21 Å². The van der Waals surface area contributed by atoms with Crippen molar-refractivity contribution >= 4 is 23.4 Å². The Hall–Kier alpha value is -1.16. The van der Waals surface area contributed by atoms with Crippen molar-refractivity contribution in [2.24, 2.45) is 10.1 Å². The van der Waals surface area contributed by atoms with Crippen LogP contribution in [0.15, 0.2) is 27.6 Å². The fourth-order valence-corrected chi connectivity index (χ4v) is 2.09. The lowest BCUT2D eigenvalue weighted by molar-refractivity contribution is 0.729. The van der Waals surface area contributed by atoms with Gasteiger partial charge in [-0.15, -0.1) is 11.3 Å². The van der Waals surface area contributed by atoms with Crippen molar-refractivity contribution in [1.82, 2.24) is 5.43 Å². The van der Waals surface area contributed by atoms with Crippen LogP contribution in [0.25, 0.3) is 0 Å². The molecule has 1 N–H and O–H groups in total. The molecule has 4 heteroatoms. The highest BCUT2D eigenvalue weighted by molar-refractivity contribution is 7.11. The summed E-state index contributed by atoms with van der Waals surface area (Å²) >= 11 is 1.68. The third-order valence-electron chi connectivity index (χ3n) is 2.30. The van der Waals surface area contributed by atoms with Crippen molar-refractivity contribution in [3.05, 3.63) is 22.4 Å². The highest BCUT2D eigenvalue weighted by Gasteiger charge is 2.01. The lowest BCUT2D eigenvalue weighted by Crippen LogP contribution is -2.17. The Morgan fingerprint density at radius 1 is 1.40 bits per heavy atom. The van der Waals surface area contributed by atoms with Gasteiger partial charge in [0.25, 0.3) is 0 Å². The van der Waals surface area contributed by atoms with E-state index >= 15 is 0 Å². The van der Waals surface area contributed by atoms with Crippen molar-refractivity contribution in [3.63, 3.8) is 0 Å². The van der Waals surface area contributed by atoms with Crippen LogP contribution in [0, 0.1) is 0 Å². The van der Waals surface area contributed by atoms with Gasteiger partial charge in [0, 0.05) is 17.8 Å². The number of rotatable bonds is 2. The molecule has 0 aromatic carbocycles. The van der Waals surface area contributed by atoms with Gasteiger partial charge in [-0.1, -0.05) is 12.5 Å².